The lowest BCUT2D eigenvalue weighted by Gasteiger charge is -2.36. The van der Waals surface area contributed by atoms with Gasteiger partial charge in [0.15, 0.2) is 0 Å². The van der Waals surface area contributed by atoms with Gasteiger partial charge < -0.3 is 10.2 Å². The second-order valence-corrected chi connectivity index (χ2v) is 5.52. The van der Waals surface area contributed by atoms with E-state index in [0.717, 1.165) is 36.7 Å². The minimum Gasteiger partial charge on any atom is -0.373 e. The minimum atomic E-state index is 0.448. The van der Waals surface area contributed by atoms with Crippen molar-refractivity contribution in [1.82, 2.24) is 9.97 Å². The maximum atomic E-state index is 4.75. The number of anilines is 3. The molecule has 4 nitrogen and oxygen atoms in total. The summed E-state index contributed by atoms with van der Waals surface area (Å²) in [6.07, 6.45) is 3.13. The Balaban J connectivity index is 2.11. The third-order valence-electron chi connectivity index (χ3n) is 4.10. The fourth-order valence-electron chi connectivity index (χ4n) is 2.93. The smallest absolute Gasteiger partial charge is 0.139 e. The van der Waals surface area contributed by atoms with Crippen molar-refractivity contribution in [3.8, 4) is 0 Å². The average Bonchev–Trinajstić information content (AvgIpc) is 2.54. The Kier molecular flexibility index (Phi) is 3.78. The van der Waals surface area contributed by atoms with Gasteiger partial charge >= 0.3 is 0 Å². The Labute approximate surface area is 126 Å². The Hall–Kier alpha value is -2.10. The zero-order valence-electron chi connectivity index (χ0n) is 12.9. The van der Waals surface area contributed by atoms with Gasteiger partial charge in [-0.1, -0.05) is 25.1 Å². The van der Waals surface area contributed by atoms with E-state index in [1.807, 2.05) is 13.1 Å². The standard InChI is InChI=1S/C17H22N4/c1-4-15-19-16(18-3)11-17(20-15)21-12(2)9-10-13-7-5-6-8-14(13)21/h5-8,11-12H,4,9-10H2,1-3H3,(H,18,19,20). The molecule has 1 aromatic heterocycles. The summed E-state index contributed by atoms with van der Waals surface area (Å²) in [7, 11) is 1.90. The molecule has 1 atom stereocenters. The molecular formula is C17H22N4. The van der Waals surface area contributed by atoms with Crippen LogP contribution >= 0.6 is 0 Å². The first-order chi connectivity index (χ1) is 10.2. The van der Waals surface area contributed by atoms with Crippen LogP contribution in [0.1, 0.15) is 31.7 Å². The molecule has 0 aliphatic carbocycles. The first kappa shape index (κ1) is 13.9. The van der Waals surface area contributed by atoms with Crippen molar-refractivity contribution in [3.63, 3.8) is 0 Å². The predicted molar refractivity (Wildman–Crippen MR) is 87.3 cm³/mol. The van der Waals surface area contributed by atoms with Crippen LogP contribution in [-0.2, 0) is 12.8 Å². The van der Waals surface area contributed by atoms with Crippen LogP contribution in [0.5, 0.6) is 0 Å². The monoisotopic (exact) mass is 282 g/mol. The summed E-state index contributed by atoms with van der Waals surface area (Å²) >= 11 is 0. The molecule has 21 heavy (non-hydrogen) atoms. The Morgan fingerprint density at radius 3 is 2.86 bits per heavy atom. The maximum absolute atomic E-state index is 4.75. The second kappa shape index (κ2) is 5.72. The van der Waals surface area contributed by atoms with Crippen LogP contribution in [-0.4, -0.2) is 23.1 Å². The highest BCUT2D eigenvalue weighted by atomic mass is 15.2. The molecule has 0 bridgehead atoms. The third-order valence-corrected chi connectivity index (χ3v) is 4.10. The van der Waals surface area contributed by atoms with Crippen molar-refractivity contribution in [3.05, 3.63) is 41.7 Å². The molecule has 2 aromatic rings. The summed E-state index contributed by atoms with van der Waals surface area (Å²) in [5.74, 6) is 2.75. The van der Waals surface area contributed by atoms with Gasteiger partial charge in [-0.2, -0.15) is 0 Å². The van der Waals surface area contributed by atoms with E-state index in [1.54, 1.807) is 0 Å². The maximum Gasteiger partial charge on any atom is 0.139 e. The molecule has 0 saturated heterocycles. The van der Waals surface area contributed by atoms with E-state index in [4.69, 9.17) is 4.98 Å². The van der Waals surface area contributed by atoms with Gasteiger partial charge in [0.1, 0.15) is 17.5 Å². The number of aryl methyl sites for hydroxylation is 2. The van der Waals surface area contributed by atoms with E-state index in [0.29, 0.717) is 6.04 Å². The lowest BCUT2D eigenvalue weighted by molar-refractivity contribution is 0.612. The van der Waals surface area contributed by atoms with E-state index >= 15 is 0 Å². The Morgan fingerprint density at radius 2 is 2.10 bits per heavy atom. The molecule has 0 spiro atoms. The van der Waals surface area contributed by atoms with Crippen molar-refractivity contribution in [2.45, 2.75) is 39.2 Å². The number of fused-ring (bicyclic) bond motifs is 1. The van der Waals surface area contributed by atoms with E-state index in [9.17, 15) is 0 Å². The topological polar surface area (TPSA) is 41.1 Å². The van der Waals surface area contributed by atoms with Crippen LogP contribution in [0.4, 0.5) is 17.3 Å². The van der Waals surface area contributed by atoms with Crippen LogP contribution in [0.3, 0.4) is 0 Å². The van der Waals surface area contributed by atoms with Crippen molar-refractivity contribution < 1.29 is 0 Å². The lowest BCUT2D eigenvalue weighted by atomic mass is 9.96. The number of hydrogen-bond acceptors (Lipinski definition) is 4. The third kappa shape index (κ3) is 2.58. The first-order valence-corrected chi connectivity index (χ1v) is 7.65. The highest BCUT2D eigenvalue weighted by molar-refractivity contribution is 5.68. The molecule has 0 fully saturated rings. The van der Waals surface area contributed by atoms with Crippen molar-refractivity contribution in [2.24, 2.45) is 0 Å². The molecule has 1 aromatic carbocycles. The number of nitrogens with zero attached hydrogens (tertiary/aromatic N) is 3. The first-order valence-electron chi connectivity index (χ1n) is 7.65. The molecule has 0 saturated carbocycles. The van der Waals surface area contributed by atoms with E-state index in [1.165, 1.54) is 11.3 Å². The molecule has 4 heteroatoms. The van der Waals surface area contributed by atoms with Crippen LogP contribution in [0, 0.1) is 0 Å². The fourth-order valence-corrected chi connectivity index (χ4v) is 2.93. The van der Waals surface area contributed by atoms with Gasteiger partial charge in [0, 0.05) is 31.3 Å². The molecule has 3 rings (SSSR count). The highest BCUT2D eigenvalue weighted by Gasteiger charge is 2.25. The molecule has 1 aliphatic rings. The van der Waals surface area contributed by atoms with Gasteiger partial charge in [-0.05, 0) is 31.4 Å². The average molecular weight is 282 g/mol. The van der Waals surface area contributed by atoms with E-state index in [-0.39, 0.29) is 0 Å². The zero-order valence-corrected chi connectivity index (χ0v) is 12.9. The largest absolute Gasteiger partial charge is 0.373 e. The summed E-state index contributed by atoms with van der Waals surface area (Å²) in [6, 6.07) is 11.1. The summed E-state index contributed by atoms with van der Waals surface area (Å²) in [6.45, 7) is 4.36. The van der Waals surface area contributed by atoms with Gasteiger partial charge in [-0.15, -0.1) is 0 Å². The minimum absolute atomic E-state index is 0.448. The van der Waals surface area contributed by atoms with Gasteiger partial charge in [-0.25, -0.2) is 9.97 Å². The molecule has 1 unspecified atom stereocenters. The molecule has 0 amide bonds. The van der Waals surface area contributed by atoms with Crippen LogP contribution < -0.4 is 10.2 Å². The van der Waals surface area contributed by atoms with E-state index < -0.39 is 0 Å². The number of aromatic nitrogens is 2. The molecule has 2 heterocycles. The summed E-state index contributed by atoms with van der Waals surface area (Å²) in [5, 5.41) is 3.14. The number of benzene rings is 1. The Bertz CT molecular complexity index is 616. The molecule has 1 aliphatic heterocycles. The van der Waals surface area contributed by atoms with Gasteiger partial charge in [0.2, 0.25) is 0 Å². The van der Waals surface area contributed by atoms with Crippen molar-refractivity contribution in [2.75, 3.05) is 17.3 Å². The summed E-state index contributed by atoms with van der Waals surface area (Å²) < 4.78 is 0. The number of rotatable bonds is 3. The highest BCUT2D eigenvalue weighted by Crippen LogP contribution is 2.36. The summed E-state index contributed by atoms with van der Waals surface area (Å²) in [4.78, 5) is 11.6. The second-order valence-electron chi connectivity index (χ2n) is 5.52. The van der Waals surface area contributed by atoms with Crippen molar-refractivity contribution in [1.29, 1.82) is 0 Å². The quantitative estimate of drug-likeness (QED) is 0.934. The van der Waals surface area contributed by atoms with Gasteiger partial charge in [0.25, 0.3) is 0 Å². The SMILES string of the molecule is CCc1nc(NC)cc(N2c3ccccc3CCC2C)n1. The lowest BCUT2D eigenvalue weighted by Crippen LogP contribution is -2.34. The fraction of sp³-hybridized carbons (Fsp3) is 0.412. The van der Waals surface area contributed by atoms with E-state index in [2.05, 4.69) is 53.3 Å². The molecular weight excluding hydrogens is 260 g/mol. The number of para-hydroxylation sites is 1. The predicted octanol–water partition coefficient (Wildman–Crippen LogP) is 3.55. The number of hydrogen-bond donors (Lipinski definition) is 1. The van der Waals surface area contributed by atoms with Crippen molar-refractivity contribution >= 4 is 17.3 Å². The molecule has 110 valence electrons. The van der Waals surface area contributed by atoms with Crippen LogP contribution in [0.2, 0.25) is 0 Å². The van der Waals surface area contributed by atoms with Crippen LogP contribution in [0.25, 0.3) is 0 Å². The molecule has 0 radical (unpaired) electrons. The number of nitrogens with one attached hydrogen (secondary N) is 1. The van der Waals surface area contributed by atoms with Crippen LogP contribution in [0.15, 0.2) is 30.3 Å². The zero-order chi connectivity index (χ0) is 14.8. The van der Waals surface area contributed by atoms with Gasteiger partial charge in [-0.3, -0.25) is 0 Å². The molecule has 1 N–H and O–H groups in total. The normalized spacial score (nSPS) is 17.5. The Morgan fingerprint density at radius 1 is 1.29 bits per heavy atom. The summed E-state index contributed by atoms with van der Waals surface area (Å²) in [5.41, 5.74) is 2.68. The van der Waals surface area contributed by atoms with Gasteiger partial charge in [0.05, 0.1) is 0 Å².